The summed E-state index contributed by atoms with van der Waals surface area (Å²) in [6, 6.07) is 3.83. The minimum Gasteiger partial charge on any atom is -0.349 e. The summed E-state index contributed by atoms with van der Waals surface area (Å²) in [5.41, 5.74) is 1.22. The maximum Gasteiger partial charge on any atom is 0.251 e. The Labute approximate surface area is 128 Å². The van der Waals surface area contributed by atoms with Crippen molar-refractivity contribution in [3.05, 3.63) is 28.5 Å². The Morgan fingerprint density at radius 3 is 2.75 bits per heavy atom. The third-order valence-electron chi connectivity index (χ3n) is 6.09. The summed E-state index contributed by atoms with van der Waals surface area (Å²) in [6.45, 7) is 7.06. The lowest BCUT2D eigenvalue weighted by atomic mass is 9.69. The molecule has 0 radical (unpaired) electrons. The van der Waals surface area contributed by atoms with Crippen molar-refractivity contribution < 1.29 is 4.79 Å². The Bertz CT molecular complexity index is 557. The van der Waals surface area contributed by atoms with Gasteiger partial charge in [0.2, 0.25) is 0 Å². The molecule has 2 saturated carbocycles. The number of amides is 1. The first kappa shape index (κ1) is 14.1. The monoisotopic (exact) mass is 336 g/mol. The Morgan fingerprint density at radius 1 is 1.45 bits per heavy atom. The van der Waals surface area contributed by atoms with Gasteiger partial charge in [0.1, 0.15) is 4.60 Å². The van der Waals surface area contributed by atoms with Crippen LogP contribution in [0, 0.1) is 16.7 Å². The van der Waals surface area contributed by atoms with Gasteiger partial charge in [0.25, 0.3) is 5.91 Å². The zero-order valence-electron chi connectivity index (χ0n) is 12.2. The molecule has 1 aromatic rings. The summed E-state index contributed by atoms with van der Waals surface area (Å²) in [6.07, 6.45) is 5.29. The Kier molecular flexibility index (Phi) is 3.20. The molecule has 2 aliphatic rings. The molecule has 20 heavy (non-hydrogen) atoms. The van der Waals surface area contributed by atoms with E-state index in [2.05, 4.69) is 47.0 Å². The van der Waals surface area contributed by atoms with E-state index in [4.69, 9.17) is 0 Å². The number of hydrogen-bond donors (Lipinski definition) is 1. The molecular weight excluding hydrogens is 316 g/mol. The van der Waals surface area contributed by atoms with Crippen LogP contribution < -0.4 is 5.32 Å². The van der Waals surface area contributed by atoms with Crippen LogP contribution >= 0.6 is 15.9 Å². The fourth-order valence-electron chi connectivity index (χ4n) is 4.21. The lowest BCUT2D eigenvalue weighted by Gasteiger charge is -2.39. The lowest BCUT2D eigenvalue weighted by Crippen LogP contribution is -2.46. The summed E-state index contributed by atoms with van der Waals surface area (Å²) in [7, 11) is 0. The number of rotatable bonds is 2. The average Bonchev–Trinajstić information content (AvgIpc) is 2.72. The first-order chi connectivity index (χ1) is 9.34. The largest absolute Gasteiger partial charge is 0.349 e. The number of nitrogens with zero attached hydrogens (tertiary/aromatic N) is 1. The number of carbonyl (C=O) groups is 1. The number of hydrogen-bond acceptors (Lipinski definition) is 2. The first-order valence-electron chi connectivity index (χ1n) is 7.27. The summed E-state index contributed by atoms with van der Waals surface area (Å²) in [5.74, 6) is 0.754. The minimum absolute atomic E-state index is 0.0164. The molecule has 108 valence electrons. The molecule has 3 atom stereocenters. The van der Waals surface area contributed by atoms with Crippen molar-refractivity contribution in [3.63, 3.8) is 0 Å². The van der Waals surface area contributed by atoms with Crippen LogP contribution in [0.2, 0.25) is 0 Å². The van der Waals surface area contributed by atoms with Gasteiger partial charge in [-0.25, -0.2) is 4.98 Å². The van der Waals surface area contributed by atoms with E-state index in [0.29, 0.717) is 15.6 Å². The maximum atomic E-state index is 12.4. The van der Waals surface area contributed by atoms with Gasteiger partial charge < -0.3 is 5.32 Å². The van der Waals surface area contributed by atoms with Crippen LogP contribution in [-0.2, 0) is 0 Å². The quantitative estimate of drug-likeness (QED) is 0.835. The second kappa shape index (κ2) is 4.55. The van der Waals surface area contributed by atoms with Gasteiger partial charge in [0.05, 0.1) is 0 Å². The van der Waals surface area contributed by atoms with Crippen LogP contribution in [0.4, 0.5) is 0 Å². The SMILES string of the molecule is CC1(C)C2CCC1(C)C(NC(=O)c1ccnc(Br)c1)C2. The van der Waals surface area contributed by atoms with E-state index < -0.39 is 0 Å². The lowest BCUT2D eigenvalue weighted by molar-refractivity contribution is 0.0826. The number of fused-ring (bicyclic) bond motifs is 2. The Balaban J connectivity index is 1.78. The van der Waals surface area contributed by atoms with E-state index >= 15 is 0 Å². The summed E-state index contributed by atoms with van der Waals surface area (Å²) < 4.78 is 0.699. The molecule has 2 aliphatic carbocycles. The first-order valence-corrected chi connectivity index (χ1v) is 8.06. The summed E-state index contributed by atoms with van der Waals surface area (Å²) >= 11 is 3.31. The molecule has 0 saturated heterocycles. The van der Waals surface area contributed by atoms with Crippen LogP contribution in [0.25, 0.3) is 0 Å². The van der Waals surface area contributed by atoms with E-state index in [1.165, 1.54) is 12.8 Å². The van der Waals surface area contributed by atoms with Crippen molar-refractivity contribution in [1.29, 1.82) is 0 Å². The molecule has 1 heterocycles. The van der Waals surface area contributed by atoms with Gasteiger partial charge in [-0.1, -0.05) is 20.8 Å². The van der Waals surface area contributed by atoms with Gasteiger partial charge in [-0.2, -0.15) is 0 Å². The molecule has 0 aliphatic heterocycles. The zero-order chi connectivity index (χ0) is 14.5. The third kappa shape index (κ3) is 1.92. The van der Waals surface area contributed by atoms with Crippen LogP contribution in [0.1, 0.15) is 50.4 Å². The fraction of sp³-hybridized carbons (Fsp3) is 0.625. The highest BCUT2D eigenvalue weighted by atomic mass is 79.9. The van der Waals surface area contributed by atoms with Crippen LogP contribution in [-0.4, -0.2) is 16.9 Å². The number of aromatic nitrogens is 1. The van der Waals surface area contributed by atoms with E-state index in [1.54, 1.807) is 18.3 Å². The molecule has 0 aromatic carbocycles. The molecule has 1 amide bonds. The molecular formula is C16H21BrN2O. The molecule has 0 spiro atoms. The standard InChI is InChI=1S/C16H21BrN2O/c1-15(2)11-4-6-16(15,3)12(9-11)19-14(20)10-5-7-18-13(17)8-10/h5,7-8,11-12H,4,6,9H2,1-3H3,(H,19,20). The molecule has 1 aromatic heterocycles. The van der Waals surface area contributed by atoms with Crippen molar-refractivity contribution in [2.24, 2.45) is 16.7 Å². The van der Waals surface area contributed by atoms with Gasteiger partial charge in [-0.15, -0.1) is 0 Å². The average molecular weight is 337 g/mol. The van der Waals surface area contributed by atoms with Crippen molar-refractivity contribution >= 4 is 21.8 Å². The molecule has 4 heteroatoms. The van der Waals surface area contributed by atoms with Gasteiger partial charge >= 0.3 is 0 Å². The zero-order valence-corrected chi connectivity index (χ0v) is 13.8. The molecule has 3 unspecified atom stereocenters. The van der Waals surface area contributed by atoms with E-state index in [-0.39, 0.29) is 17.4 Å². The third-order valence-corrected chi connectivity index (χ3v) is 6.52. The molecule has 3 rings (SSSR count). The highest BCUT2D eigenvalue weighted by molar-refractivity contribution is 9.10. The van der Waals surface area contributed by atoms with Crippen molar-refractivity contribution in [1.82, 2.24) is 10.3 Å². The summed E-state index contributed by atoms with van der Waals surface area (Å²) in [4.78, 5) is 16.5. The van der Waals surface area contributed by atoms with Crippen molar-refractivity contribution in [2.75, 3.05) is 0 Å². The van der Waals surface area contributed by atoms with Gasteiger partial charge in [0, 0.05) is 17.8 Å². The number of pyridine rings is 1. The second-order valence-electron chi connectivity index (χ2n) is 7.00. The second-order valence-corrected chi connectivity index (χ2v) is 7.82. The highest BCUT2D eigenvalue weighted by Crippen LogP contribution is 2.65. The molecule has 3 nitrogen and oxygen atoms in total. The predicted octanol–water partition coefficient (Wildman–Crippen LogP) is 3.79. The number of halogens is 1. The Hall–Kier alpha value is -0.900. The minimum atomic E-state index is 0.0164. The van der Waals surface area contributed by atoms with Crippen LogP contribution in [0.5, 0.6) is 0 Å². The molecule has 2 fully saturated rings. The van der Waals surface area contributed by atoms with Gasteiger partial charge in [-0.05, 0) is 64.1 Å². The number of nitrogens with one attached hydrogen (secondary N) is 1. The van der Waals surface area contributed by atoms with Crippen molar-refractivity contribution in [2.45, 2.75) is 46.1 Å². The van der Waals surface area contributed by atoms with Gasteiger partial charge in [0.15, 0.2) is 0 Å². The van der Waals surface area contributed by atoms with E-state index in [0.717, 1.165) is 12.3 Å². The maximum absolute atomic E-state index is 12.4. The summed E-state index contributed by atoms with van der Waals surface area (Å²) in [5, 5.41) is 3.26. The van der Waals surface area contributed by atoms with E-state index in [9.17, 15) is 4.79 Å². The fourth-order valence-corrected chi connectivity index (χ4v) is 4.57. The normalized spacial score (nSPS) is 34.2. The van der Waals surface area contributed by atoms with Crippen molar-refractivity contribution in [3.8, 4) is 0 Å². The number of carbonyl (C=O) groups excluding carboxylic acids is 1. The van der Waals surface area contributed by atoms with Crippen LogP contribution in [0.3, 0.4) is 0 Å². The predicted molar refractivity (Wildman–Crippen MR) is 82.4 cm³/mol. The smallest absolute Gasteiger partial charge is 0.251 e. The Morgan fingerprint density at radius 2 is 2.20 bits per heavy atom. The topological polar surface area (TPSA) is 42.0 Å². The molecule has 2 bridgehead atoms. The molecule has 1 N–H and O–H groups in total. The highest BCUT2D eigenvalue weighted by Gasteiger charge is 2.61. The van der Waals surface area contributed by atoms with Crippen LogP contribution in [0.15, 0.2) is 22.9 Å². The van der Waals surface area contributed by atoms with E-state index in [1.807, 2.05) is 0 Å². The van der Waals surface area contributed by atoms with Gasteiger partial charge in [-0.3, -0.25) is 4.79 Å².